The van der Waals surface area contributed by atoms with Crippen molar-refractivity contribution in [2.45, 2.75) is 18.9 Å². The maximum Gasteiger partial charge on any atom is 0.228 e. The molecule has 0 unspecified atom stereocenters. The first-order valence-corrected chi connectivity index (χ1v) is 9.79. The van der Waals surface area contributed by atoms with Crippen molar-refractivity contribution in [2.75, 3.05) is 21.3 Å². The van der Waals surface area contributed by atoms with Crippen molar-refractivity contribution in [1.29, 1.82) is 0 Å². The van der Waals surface area contributed by atoms with E-state index in [0.717, 1.165) is 22.4 Å². The normalized spacial score (nSPS) is 11.6. The predicted molar refractivity (Wildman–Crippen MR) is 117 cm³/mol. The van der Waals surface area contributed by atoms with Gasteiger partial charge in [0.25, 0.3) is 0 Å². The Labute approximate surface area is 177 Å². The molecule has 1 atom stereocenters. The highest BCUT2D eigenvalue weighted by atomic mass is 16.5. The van der Waals surface area contributed by atoms with Crippen LogP contribution in [0.15, 0.2) is 72.8 Å². The number of benzene rings is 3. The van der Waals surface area contributed by atoms with E-state index in [1.807, 2.05) is 79.7 Å². The van der Waals surface area contributed by atoms with Crippen LogP contribution in [0.4, 0.5) is 0 Å². The van der Waals surface area contributed by atoms with Gasteiger partial charge in [0.1, 0.15) is 17.2 Å². The minimum Gasteiger partial charge on any atom is -0.497 e. The van der Waals surface area contributed by atoms with E-state index >= 15 is 0 Å². The second-order valence-corrected chi connectivity index (χ2v) is 6.92. The molecule has 0 aromatic heterocycles. The third-order valence-corrected chi connectivity index (χ3v) is 5.20. The van der Waals surface area contributed by atoms with Crippen LogP contribution in [0.5, 0.6) is 17.2 Å². The number of rotatable bonds is 8. The molecule has 1 amide bonds. The summed E-state index contributed by atoms with van der Waals surface area (Å²) in [6.07, 6.45) is 0. The highest BCUT2D eigenvalue weighted by Crippen LogP contribution is 2.35. The number of carbonyl (C=O) groups is 1. The molecule has 0 bridgehead atoms. The summed E-state index contributed by atoms with van der Waals surface area (Å²) in [7, 11) is 4.87. The molecular weight excluding hydrogens is 378 g/mol. The summed E-state index contributed by atoms with van der Waals surface area (Å²) in [6.45, 7) is 1.89. The van der Waals surface area contributed by atoms with E-state index < -0.39 is 6.04 Å². The van der Waals surface area contributed by atoms with Gasteiger partial charge in [-0.1, -0.05) is 48.5 Å². The summed E-state index contributed by atoms with van der Waals surface area (Å²) >= 11 is 0. The summed E-state index contributed by atoms with van der Waals surface area (Å²) in [5.41, 5.74) is 2.63. The van der Waals surface area contributed by atoms with E-state index in [9.17, 15) is 4.79 Å². The van der Waals surface area contributed by atoms with Crippen LogP contribution in [-0.2, 0) is 4.79 Å². The maximum atomic E-state index is 13.2. The van der Waals surface area contributed by atoms with Gasteiger partial charge >= 0.3 is 0 Å². The summed E-state index contributed by atoms with van der Waals surface area (Å²) in [6, 6.07) is 22.5. The van der Waals surface area contributed by atoms with Crippen LogP contribution in [0.3, 0.4) is 0 Å². The van der Waals surface area contributed by atoms with E-state index in [4.69, 9.17) is 14.2 Å². The average Bonchev–Trinajstić information content (AvgIpc) is 2.82. The SMILES string of the molecule is COc1ccc([C@@H](C)C(=O)NC(c2ccccc2OC)c2ccccc2OC)cc1. The van der Waals surface area contributed by atoms with Gasteiger partial charge < -0.3 is 19.5 Å². The van der Waals surface area contributed by atoms with Gasteiger partial charge in [0.05, 0.1) is 33.3 Å². The zero-order valence-corrected chi connectivity index (χ0v) is 17.7. The molecule has 0 heterocycles. The molecule has 3 aromatic rings. The van der Waals surface area contributed by atoms with Crippen LogP contribution < -0.4 is 19.5 Å². The minimum absolute atomic E-state index is 0.0954. The molecule has 5 nitrogen and oxygen atoms in total. The van der Waals surface area contributed by atoms with Crippen molar-refractivity contribution < 1.29 is 19.0 Å². The highest BCUT2D eigenvalue weighted by Gasteiger charge is 2.26. The summed E-state index contributed by atoms with van der Waals surface area (Å²) in [5.74, 6) is 1.72. The van der Waals surface area contributed by atoms with Crippen molar-refractivity contribution >= 4 is 5.91 Å². The average molecular weight is 405 g/mol. The number of methoxy groups -OCH3 is 3. The van der Waals surface area contributed by atoms with Gasteiger partial charge in [0.2, 0.25) is 5.91 Å². The first-order valence-electron chi connectivity index (χ1n) is 9.79. The first kappa shape index (κ1) is 21.2. The maximum absolute atomic E-state index is 13.2. The van der Waals surface area contributed by atoms with Crippen LogP contribution in [-0.4, -0.2) is 27.2 Å². The molecule has 0 aliphatic heterocycles. The molecule has 3 rings (SSSR count). The standard InChI is InChI=1S/C25H27NO4/c1-17(18-13-15-19(28-2)16-14-18)25(27)26-24(20-9-5-7-11-22(20)29-3)21-10-6-8-12-23(21)30-4/h5-17,24H,1-4H3,(H,26,27)/t17-/m1/s1. The van der Waals surface area contributed by atoms with Gasteiger partial charge in [0, 0.05) is 11.1 Å². The molecule has 3 aromatic carbocycles. The minimum atomic E-state index is -0.425. The van der Waals surface area contributed by atoms with Crippen molar-refractivity contribution in [3.63, 3.8) is 0 Å². The molecule has 0 fully saturated rings. The number of hydrogen-bond donors (Lipinski definition) is 1. The zero-order valence-electron chi connectivity index (χ0n) is 17.7. The molecule has 0 aliphatic carbocycles. The third-order valence-electron chi connectivity index (χ3n) is 5.20. The van der Waals surface area contributed by atoms with E-state index in [1.54, 1.807) is 21.3 Å². The Hall–Kier alpha value is -3.47. The fourth-order valence-electron chi connectivity index (χ4n) is 3.44. The molecule has 0 aliphatic rings. The van der Waals surface area contributed by atoms with Gasteiger partial charge in [-0.15, -0.1) is 0 Å². The van der Waals surface area contributed by atoms with E-state index in [1.165, 1.54) is 0 Å². The smallest absolute Gasteiger partial charge is 0.228 e. The van der Waals surface area contributed by atoms with E-state index in [-0.39, 0.29) is 11.8 Å². The lowest BCUT2D eigenvalue weighted by Gasteiger charge is -2.25. The van der Waals surface area contributed by atoms with Crippen LogP contribution >= 0.6 is 0 Å². The van der Waals surface area contributed by atoms with Crippen molar-refractivity contribution in [1.82, 2.24) is 5.32 Å². The lowest BCUT2D eigenvalue weighted by atomic mass is 9.94. The Morgan fingerprint density at radius 3 is 1.70 bits per heavy atom. The molecule has 0 saturated carbocycles. The number of para-hydroxylation sites is 2. The Morgan fingerprint density at radius 2 is 1.23 bits per heavy atom. The van der Waals surface area contributed by atoms with Crippen LogP contribution in [0, 0.1) is 0 Å². The van der Waals surface area contributed by atoms with E-state index in [0.29, 0.717) is 11.5 Å². The monoisotopic (exact) mass is 405 g/mol. The molecule has 5 heteroatoms. The number of amides is 1. The summed E-state index contributed by atoms with van der Waals surface area (Å²) in [5, 5.41) is 3.20. The molecule has 0 spiro atoms. The number of ether oxygens (including phenoxy) is 3. The third kappa shape index (κ3) is 4.57. The van der Waals surface area contributed by atoms with Crippen molar-refractivity contribution in [3.8, 4) is 17.2 Å². The van der Waals surface area contributed by atoms with Crippen LogP contribution in [0.1, 0.15) is 35.6 Å². The topological polar surface area (TPSA) is 56.8 Å². The fraction of sp³-hybridized carbons (Fsp3) is 0.240. The van der Waals surface area contributed by atoms with Crippen molar-refractivity contribution in [3.05, 3.63) is 89.5 Å². The van der Waals surface area contributed by atoms with Gasteiger partial charge in [-0.2, -0.15) is 0 Å². The lowest BCUT2D eigenvalue weighted by Crippen LogP contribution is -2.33. The van der Waals surface area contributed by atoms with Crippen LogP contribution in [0.25, 0.3) is 0 Å². The zero-order chi connectivity index (χ0) is 21.5. The predicted octanol–water partition coefficient (Wildman–Crippen LogP) is 4.72. The fourth-order valence-corrected chi connectivity index (χ4v) is 3.44. The number of hydrogen-bond acceptors (Lipinski definition) is 4. The Bertz CT molecular complexity index is 937. The summed E-state index contributed by atoms with van der Waals surface area (Å²) < 4.78 is 16.3. The molecular formula is C25H27NO4. The summed E-state index contributed by atoms with van der Waals surface area (Å²) in [4.78, 5) is 13.2. The quantitative estimate of drug-likeness (QED) is 0.589. The Balaban J connectivity index is 1.96. The highest BCUT2D eigenvalue weighted by molar-refractivity contribution is 5.84. The first-order chi connectivity index (χ1) is 14.6. The van der Waals surface area contributed by atoms with Gasteiger partial charge in [-0.25, -0.2) is 0 Å². The molecule has 30 heavy (non-hydrogen) atoms. The Kier molecular flexibility index (Phi) is 6.96. The molecule has 0 radical (unpaired) electrons. The molecule has 1 N–H and O–H groups in total. The molecule has 0 saturated heterocycles. The van der Waals surface area contributed by atoms with Gasteiger partial charge in [-0.05, 0) is 36.8 Å². The lowest BCUT2D eigenvalue weighted by molar-refractivity contribution is -0.122. The second kappa shape index (κ2) is 9.83. The van der Waals surface area contributed by atoms with Crippen LogP contribution in [0.2, 0.25) is 0 Å². The number of nitrogens with one attached hydrogen (secondary N) is 1. The van der Waals surface area contributed by atoms with Crippen molar-refractivity contribution in [2.24, 2.45) is 0 Å². The largest absolute Gasteiger partial charge is 0.497 e. The second-order valence-electron chi connectivity index (χ2n) is 6.92. The van der Waals surface area contributed by atoms with E-state index in [2.05, 4.69) is 5.32 Å². The Morgan fingerprint density at radius 1 is 0.733 bits per heavy atom. The molecule has 156 valence electrons. The van der Waals surface area contributed by atoms with Gasteiger partial charge in [-0.3, -0.25) is 4.79 Å². The van der Waals surface area contributed by atoms with Gasteiger partial charge in [0.15, 0.2) is 0 Å². The number of carbonyl (C=O) groups excluding carboxylic acids is 1.